The summed E-state index contributed by atoms with van der Waals surface area (Å²) in [5, 5.41) is 21.7. The number of aliphatic hydroxyl groups is 1. The van der Waals surface area contributed by atoms with Crippen LogP contribution >= 0.6 is 0 Å². The number of ether oxygens (including phenoxy) is 1. The number of hydrogen-bond acceptors (Lipinski definition) is 4. The van der Waals surface area contributed by atoms with Crippen molar-refractivity contribution in [2.24, 2.45) is 5.41 Å². The van der Waals surface area contributed by atoms with Gasteiger partial charge in [-0.2, -0.15) is 0 Å². The summed E-state index contributed by atoms with van der Waals surface area (Å²) in [4.78, 5) is 23.1. The molecule has 2 fully saturated rings. The molecule has 3 rings (SSSR count). The van der Waals surface area contributed by atoms with Crippen LogP contribution in [0, 0.1) is 5.41 Å². The summed E-state index contributed by atoms with van der Waals surface area (Å²) >= 11 is 0. The highest BCUT2D eigenvalue weighted by Crippen LogP contribution is 2.46. The maximum absolute atomic E-state index is 12.0. The van der Waals surface area contributed by atoms with Gasteiger partial charge < -0.3 is 20.3 Å². The molecule has 6 nitrogen and oxygen atoms in total. The Hall–Kier alpha value is -2.08. The van der Waals surface area contributed by atoms with Crippen LogP contribution < -0.4 is 10.1 Å². The zero-order valence-electron chi connectivity index (χ0n) is 12.8. The van der Waals surface area contributed by atoms with Crippen LogP contribution in [0.1, 0.15) is 38.5 Å². The molecule has 23 heavy (non-hydrogen) atoms. The lowest BCUT2D eigenvalue weighted by Crippen LogP contribution is -2.34. The predicted octanol–water partition coefficient (Wildman–Crippen LogP) is 2.17. The van der Waals surface area contributed by atoms with Crippen LogP contribution in [0.4, 0.5) is 5.69 Å². The first kappa shape index (κ1) is 15.8. The Bertz CT molecular complexity index is 594. The Morgan fingerprint density at radius 2 is 1.78 bits per heavy atom. The smallest absolute Gasteiger partial charge is 0.319 e. The first-order valence-electron chi connectivity index (χ1n) is 8.01. The van der Waals surface area contributed by atoms with Crippen LogP contribution in [0.2, 0.25) is 0 Å². The fourth-order valence-corrected chi connectivity index (χ4v) is 2.92. The molecule has 0 spiro atoms. The van der Waals surface area contributed by atoms with Gasteiger partial charge in [-0.3, -0.25) is 9.59 Å². The van der Waals surface area contributed by atoms with Crippen molar-refractivity contribution in [3.8, 4) is 5.75 Å². The highest BCUT2D eigenvalue weighted by Gasteiger charge is 2.57. The van der Waals surface area contributed by atoms with Gasteiger partial charge >= 0.3 is 5.97 Å². The molecule has 1 amide bonds. The molecule has 0 aliphatic heterocycles. The third kappa shape index (κ3) is 3.32. The molecule has 0 heterocycles. The van der Waals surface area contributed by atoms with Crippen molar-refractivity contribution in [2.75, 3.05) is 5.32 Å². The fourth-order valence-electron chi connectivity index (χ4n) is 2.92. The van der Waals surface area contributed by atoms with Gasteiger partial charge in [0.15, 0.2) is 0 Å². The van der Waals surface area contributed by atoms with Crippen LogP contribution in [0.3, 0.4) is 0 Å². The summed E-state index contributed by atoms with van der Waals surface area (Å²) in [5.41, 5.74) is -0.708. The second-order valence-electron chi connectivity index (χ2n) is 6.37. The average molecular weight is 319 g/mol. The van der Waals surface area contributed by atoms with Gasteiger partial charge in [-0.1, -0.05) is 6.42 Å². The molecule has 2 atom stereocenters. The minimum atomic E-state index is -1.25. The van der Waals surface area contributed by atoms with Crippen LogP contribution in [-0.4, -0.2) is 34.3 Å². The number of benzene rings is 1. The molecule has 0 saturated heterocycles. The summed E-state index contributed by atoms with van der Waals surface area (Å²) in [6.07, 6.45) is 3.81. The molecule has 1 aromatic carbocycles. The van der Waals surface area contributed by atoms with E-state index < -0.39 is 23.4 Å². The molecule has 0 radical (unpaired) electrons. The SMILES string of the molecule is O=C(O)C1(C(=O)Nc2ccc(OC3CCCCC3O)cc2)CC1. The summed E-state index contributed by atoms with van der Waals surface area (Å²) in [6, 6.07) is 6.80. The number of rotatable bonds is 5. The maximum Gasteiger partial charge on any atom is 0.319 e. The first-order valence-corrected chi connectivity index (χ1v) is 8.01. The number of carboxylic acids is 1. The van der Waals surface area contributed by atoms with Gasteiger partial charge in [0.05, 0.1) is 6.10 Å². The minimum Gasteiger partial charge on any atom is -0.488 e. The lowest BCUT2D eigenvalue weighted by atomic mass is 9.95. The van der Waals surface area contributed by atoms with Crippen molar-refractivity contribution in [2.45, 2.75) is 50.7 Å². The zero-order valence-corrected chi connectivity index (χ0v) is 12.8. The number of carbonyl (C=O) groups is 2. The number of carboxylic acid groups (broad SMARTS) is 1. The van der Waals surface area contributed by atoms with Gasteiger partial charge in [0.2, 0.25) is 5.91 Å². The average Bonchev–Trinajstić information content (AvgIpc) is 3.33. The van der Waals surface area contributed by atoms with Crippen molar-refractivity contribution in [1.29, 1.82) is 0 Å². The van der Waals surface area contributed by atoms with Gasteiger partial charge in [-0.05, 0) is 56.4 Å². The maximum atomic E-state index is 12.0. The Labute approximate surface area is 134 Å². The number of aliphatic carboxylic acids is 1. The predicted molar refractivity (Wildman–Crippen MR) is 83.3 cm³/mol. The van der Waals surface area contributed by atoms with Gasteiger partial charge in [0.25, 0.3) is 0 Å². The first-order chi connectivity index (χ1) is 11.0. The molecule has 124 valence electrons. The Kier molecular flexibility index (Phi) is 4.26. The van der Waals surface area contributed by atoms with Gasteiger partial charge in [0, 0.05) is 5.69 Å². The monoisotopic (exact) mass is 319 g/mol. The molecule has 2 aliphatic carbocycles. The molecule has 2 unspecified atom stereocenters. The number of hydrogen-bond donors (Lipinski definition) is 3. The third-order valence-corrected chi connectivity index (χ3v) is 4.66. The van der Waals surface area contributed by atoms with Crippen molar-refractivity contribution in [3.05, 3.63) is 24.3 Å². The van der Waals surface area contributed by atoms with Crippen LogP contribution in [0.25, 0.3) is 0 Å². The highest BCUT2D eigenvalue weighted by atomic mass is 16.5. The van der Waals surface area contributed by atoms with E-state index in [1.165, 1.54) is 0 Å². The van der Waals surface area contributed by atoms with E-state index in [1.807, 2.05) is 0 Å². The number of carbonyl (C=O) groups excluding carboxylic acids is 1. The van der Waals surface area contributed by atoms with Gasteiger partial charge in [-0.25, -0.2) is 0 Å². The Balaban J connectivity index is 1.59. The lowest BCUT2D eigenvalue weighted by Gasteiger charge is -2.28. The van der Waals surface area contributed by atoms with Crippen molar-refractivity contribution in [1.82, 2.24) is 0 Å². The van der Waals surface area contributed by atoms with Crippen LogP contribution in [0.15, 0.2) is 24.3 Å². The van der Waals surface area contributed by atoms with Crippen LogP contribution in [0.5, 0.6) is 5.75 Å². The van der Waals surface area contributed by atoms with Crippen molar-refractivity contribution in [3.63, 3.8) is 0 Å². The summed E-state index contributed by atoms with van der Waals surface area (Å²) in [6.45, 7) is 0. The van der Waals surface area contributed by atoms with E-state index in [4.69, 9.17) is 9.84 Å². The quantitative estimate of drug-likeness (QED) is 0.723. The molecular formula is C17H21NO5. The Morgan fingerprint density at radius 3 is 2.35 bits per heavy atom. The van der Waals surface area contributed by atoms with Crippen molar-refractivity contribution >= 4 is 17.6 Å². The van der Waals surface area contributed by atoms with E-state index in [9.17, 15) is 14.7 Å². The highest BCUT2D eigenvalue weighted by molar-refractivity contribution is 6.10. The molecule has 6 heteroatoms. The van der Waals surface area contributed by atoms with Gasteiger partial charge in [0.1, 0.15) is 17.3 Å². The largest absolute Gasteiger partial charge is 0.488 e. The summed E-state index contributed by atoms with van der Waals surface area (Å²) < 4.78 is 5.79. The van der Waals surface area contributed by atoms with Crippen LogP contribution in [-0.2, 0) is 9.59 Å². The van der Waals surface area contributed by atoms with E-state index in [0.717, 1.165) is 25.7 Å². The molecule has 0 aromatic heterocycles. The number of amides is 1. The third-order valence-electron chi connectivity index (χ3n) is 4.66. The van der Waals surface area contributed by atoms with E-state index in [-0.39, 0.29) is 6.10 Å². The molecule has 1 aromatic rings. The van der Waals surface area contributed by atoms with E-state index in [1.54, 1.807) is 24.3 Å². The fraction of sp³-hybridized carbons (Fsp3) is 0.529. The normalized spacial score (nSPS) is 25.4. The van der Waals surface area contributed by atoms with E-state index in [2.05, 4.69) is 5.32 Å². The molecule has 2 saturated carbocycles. The van der Waals surface area contributed by atoms with Gasteiger partial charge in [-0.15, -0.1) is 0 Å². The second-order valence-corrected chi connectivity index (χ2v) is 6.37. The zero-order chi connectivity index (χ0) is 16.4. The summed E-state index contributed by atoms with van der Waals surface area (Å²) in [5.74, 6) is -0.907. The number of anilines is 1. The topological polar surface area (TPSA) is 95.9 Å². The Morgan fingerprint density at radius 1 is 1.13 bits per heavy atom. The molecule has 2 aliphatic rings. The summed E-state index contributed by atoms with van der Waals surface area (Å²) in [7, 11) is 0. The standard InChI is InChI=1S/C17H21NO5/c19-13-3-1-2-4-14(13)23-12-7-5-11(6-8-12)18-15(20)17(9-10-17)16(21)22/h5-8,13-14,19H,1-4,9-10H2,(H,18,20)(H,21,22). The minimum absolute atomic E-state index is 0.189. The second kappa shape index (κ2) is 6.20. The molecular weight excluding hydrogens is 298 g/mol. The molecule has 0 bridgehead atoms. The molecule has 3 N–H and O–H groups in total. The van der Waals surface area contributed by atoms with E-state index in [0.29, 0.717) is 24.3 Å². The number of nitrogens with one attached hydrogen (secondary N) is 1. The lowest BCUT2D eigenvalue weighted by molar-refractivity contribution is -0.147. The van der Waals surface area contributed by atoms with E-state index >= 15 is 0 Å². The number of aliphatic hydroxyl groups excluding tert-OH is 1. The van der Waals surface area contributed by atoms with Crippen molar-refractivity contribution < 1.29 is 24.5 Å².